The highest BCUT2D eigenvalue weighted by Crippen LogP contribution is 2.39. The minimum Gasteiger partial charge on any atom is -0.361 e. The summed E-state index contributed by atoms with van der Waals surface area (Å²) in [7, 11) is 0. The largest absolute Gasteiger partial charge is 0.361 e. The zero-order valence-electron chi connectivity index (χ0n) is 15.5. The molecule has 0 radical (unpaired) electrons. The van der Waals surface area contributed by atoms with Crippen molar-refractivity contribution in [2.45, 2.75) is 52.2 Å². The molecule has 134 valence electrons. The molecule has 1 saturated heterocycles. The molecule has 2 fully saturated rings. The van der Waals surface area contributed by atoms with Gasteiger partial charge in [-0.25, -0.2) is 0 Å². The predicted octanol–water partition coefficient (Wildman–Crippen LogP) is 3.85. The molecule has 2 aliphatic rings. The van der Waals surface area contributed by atoms with Crippen molar-refractivity contribution in [1.82, 2.24) is 15.4 Å². The van der Waals surface area contributed by atoms with E-state index in [1.807, 2.05) is 13.8 Å². The van der Waals surface area contributed by atoms with Gasteiger partial charge in [0.05, 0.1) is 5.69 Å². The fourth-order valence-corrected chi connectivity index (χ4v) is 5.05. The maximum absolute atomic E-state index is 5.35. The van der Waals surface area contributed by atoms with Crippen molar-refractivity contribution in [1.29, 1.82) is 0 Å². The summed E-state index contributed by atoms with van der Waals surface area (Å²) in [6.45, 7) is 9.85. The van der Waals surface area contributed by atoms with Crippen LogP contribution in [0.1, 0.15) is 48.4 Å². The second kappa shape index (κ2) is 6.93. The average Bonchev–Trinajstić information content (AvgIpc) is 3.25. The van der Waals surface area contributed by atoms with Gasteiger partial charge in [-0.2, -0.15) is 0 Å². The molecule has 25 heavy (non-hydrogen) atoms. The Labute approximate surface area is 150 Å². The zero-order chi connectivity index (χ0) is 17.4. The topological polar surface area (TPSA) is 41.3 Å². The van der Waals surface area contributed by atoms with Gasteiger partial charge in [0.25, 0.3) is 0 Å². The van der Waals surface area contributed by atoms with E-state index in [9.17, 15) is 0 Å². The fourth-order valence-electron chi connectivity index (χ4n) is 5.05. The standard InChI is InChI=1S/C21H29N3O/c1-14(21-15(2)23-25-16(21)3)22-20-10-9-18-12-24(13-19(18)20)11-17-7-5-4-6-8-17/h4-8,14,18-20,22H,9-13H2,1-3H3/t14-,18-,19-,20+/m0/s1. The molecule has 1 aromatic heterocycles. The average molecular weight is 339 g/mol. The maximum atomic E-state index is 5.35. The molecule has 1 aliphatic heterocycles. The molecule has 2 heterocycles. The molecule has 4 heteroatoms. The van der Waals surface area contributed by atoms with E-state index in [1.165, 1.54) is 37.1 Å². The van der Waals surface area contributed by atoms with E-state index in [-0.39, 0.29) is 0 Å². The lowest BCUT2D eigenvalue weighted by Gasteiger charge is -2.25. The normalized spacial score (nSPS) is 27.6. The lowest BCUT2D eigenvalue weighted by atomic mass is 9.96. The van der Waals surface area contributed by atoms with Crippen LogP contribution >= 0.6 is 0 Å². The van der Waals surface area contributed by atoms with Crippen LogP contribution in [0.25, 0.3) is 0 Å². The van der Waals surface area contributed by atoms with Crippen LogP contribution in [0.4, 0.5) is 0 Å². The van der Waals surface area contributed by atoms with Crippen molar-refractivity contribution in [2.24, 2.45) is 11.8 Å². The Balaban J connectivity index is 1.39. The van der Waals surface area contributed by atoms with Crippen LogP contribution in [-0.2, 0) is 6.54 Å². The number of benzene rings is 1. The van der Waals surface area contributed by atoms with Crippen LogP contribution in [0.15, 0.2) is 34.9 Å². The van der Waals surface area contributed by atoms with Gasteiger partial charge < -0.3 is 9.84 Å². The fraction of sp³-hybridized carbons (Fsp3) is 0.571. The highest BCUT2D eigenvalue weighted by molar-refractivity contribution is 5.24. The molecule has 4 atom stereocenters. The van der Waals surface area contributed by atoms with E-state index in [0.29, 0.717) is 12.1 Å². The van der Waals surface area contributed by atoms with Gasteiger partial charge in [-0.15, -0.1) is 0 Å². The third-order valence-corrected chi connectivity index (χ3v) is 6.17. The maximum Gasteiger partial charge on any atom is 0.138 e. The van der Waals surface area contributed by atoms with Crippen LogP contribution in [0.5, 0.6) is 0 Å². The summed E-state index contributed by atoms with van der Waals surface area (Å²) >= 11 is 0. The Kier molecular flexibility index (Phi) is 4.65. The first-order valence-corrected chi connectivity index (χ1v) is 9.57. The predicted molar refractivity (Wildman–Crippen MR) is 99.2 cm³/mol. The lowest BCUT2D eigenvalue weighted by molar-refractivity contribution is 0.283. The van der Waals surface area contributed by atoms with Crippen molar-refractivity contribution in [3.63, 3.8) is 0 Å². The molecular weight excluding hydrogens is 310 g/mol. The van der Waals surface area contributed by atoms with Crippen molar-refractivity contribution in [3.05, 3.63) is 52.9 Å². The van der Waals surface area contributed by atoms with Crippen LogP contribution in [0.2, 0.25) is 0 Å². The number of nitrogens with zero attached hydrogens (tertiary/aromatic N) is 2. The summed E-state index contributed by atoms with van der Waals surface area (Å²) in [6, 6.07) is 11.8. The number of hydrogen-bond acceptors (Lipinski definition) is 4. The molecule has 1 aliphatic carbocycles. The van der Waals surface area contributed by atoms with Gasteiger partial charge >= 0.3 is 0 Å². The van der Waals surface area contributed by atoms with Gasteiger partial charge in [0.15, 0.2) is 0 Å². The minimum absolute atomic E-state index is 0.304. The molecule has 0 bridgehead atoms. The van der Waals surface area contributed by atoms with E-state index >= 15 is 0 Å². The first kappa shape index (κ1) is 16.8. The summed E-state index contributed by atoms with van der Waals surface area (Å²) < 4.78 is 5.35. The number of fused-ring (bicyclic) bond motifs is 1. The van der Waals surface area contributed by atoms with Crippen molar-refractivity contribution in [2.75, 3.05) is 13.1 Å². The van der Waals surface area contributed by atoms with E-state index in [4.69, 9.17) is 4.52 Å². The number of aromatic nitrogens is 1. The highest BCUT2D eigenvalue weighted by Gasteiger charge is 2.42. The molecule has 0 spiro atoms. The van der Waals surface area contributed by atoms with E-state index in [1.54, 1.807) is 0 Å². The van der Waals surface area contributed by atoms with Gasteiger partial charge in [0, 0.05) is 37.3 Å². The van der Waals surface area contributed by atoms with Crippen molar-refractivity contribution in [3.8, 4) is 0 Å². The summed E-state index contributed by atoms with van der Waals surface area (Å²) in [5.74, 6) is 2.56. The molecule has 4 nitrogen and oxygen atoms in total. The molecule has 2 aromatic rings. The lowest BCUT2D eigenvalue weighted by Crippen LogP contribution is -2.37. The Morgan fingerprint density at radius 3 is 2.72 bits per heavy atom. The molecule has 0 amide bonds. The quantitative estimate of drug-likeness (QED) is 0.898. The van der Waals surface area contributed by atoms with E-state index in [2.05, 4.69) is 52.6 Å². The third-order valence-electron chi connectivity index (χ3n) is 6.17. The molecule has 1 saturated carbocycles. The minimum atomic E-state index is 0.304. The first-order chi connectivity index (χ1) is 12.1. The van der Waals surface area contributed by atoms with Gasteiger partial charge in [-0.05, 0) is 51.0 Å². The molecule has 1 N–H and O–H groups in total. The number of likely N-dealkylation sites (tertiary alicyclic amines) is 1. The number of nitrogens with one attached hydrogen (secondary N) is 1. The summed E-state index contributed by atoms with van der Waals surface area (Å²) in [6.07, 6.45) is 2.64. The van der Waals surface area contributed by atoms with Crippen LogP contribution in [-0.4, -0.2) is 29.2 Å². The number of aryl methyl sites for hydroxylation is 2. The SMILES string of the molecule is Cc1noc(C)c1[C@H](C)N[C@@H]1CC[C@H]2CN(Cc3ccccc3)C[C@@H]21. The zero-order valence-corrected chi connectivity index (χ0v) is 15.5. The van der Waals surface area contributed by atoms with Crippen LogP contribution < -0.4 is 5.32 Å². The smallest absolute Gasteiger partial charge is 0.138 e. The van der Waals surface area contributed by atoms with E-state index in [0.717, 1.165) is 29.8 Å². The Hall–Kier alpha value is -1.65. The second-order valence-electron chi connectivity index (χ2n) is 7.91. The van der Waals surface area contributed by atoms with Crippen LogP contribution in [0.3, 0.4) is 0 Å². The highest BCUT2D eigenvalue weighted by atomic mass is 16.5. The van der Waals surface area contributed by atoms with Gasteiger partial charge in [0.1, 0.15) is 5.76 Å². The summed E-state index contributed by atoms with van der Waals surface area (Å²) in [5.41, 5.74) is 3.68. The van der Waals surface area contributed by atoms with Crippen LogP contribution in [0, 0.1) is 25.7 Å². The second-order valence-corrected chi connectivity index (χ2v) is 7.91. The molecule has 1 aromatic carbocycles. The monoisotopic (exact) mass is 339 g/mol. The Morgan fingerprint density at radius 1 is 1.20 bits per heavy atom. The summed E-state index contributed by atoms with van der Waals surface area (Å²) in [4.78, 5) is 2.64. The van der Waals surface area contributed by atoms with Gasteiger partial charge in [0.2, 0.25) is 0 Å². The van der Waals surface area contributed by atoms with E-state index < -0.39 is 0 Å². The Morgan fingerprint density at radius 2 is 2.00 bits per heavy atom. The van der Waals surface area contributed by atoms with Crippen molar-refractivity contribution >= 4 is 0 Å². The molecule has 0 unspecified atom stereocenters. The number of rotatable bonds is 5. The summed E-state index contributed by atoms with van der Waals surface area (Å²) in [5, 5.41) is 8.01. The van der Waals surface area contributed by atoms with Gasteiger partial charge in [-0.1, -0.05) is 35.5 Å². The molecular formula is C21H29N3O. The van der Waals surface area contributed by atoms with Crippen molar-refractivity contribution < 1.29 is 4.52 Å². The third kappa shape index (κ3) is 3.38. The number of hydrogen-bond donors (Lipinski definition) is 1. The first-order valence-electron chi connectivity index (χ1n) is 9.57. The van der Waals surface area contributed by atoms with Gasteiger partial charge in [-0.3, -0.25) is 4.90 Å². The Bertz CT molecular complexity index is 692. The molecule has 4 rings (SSSR count).